The van der Waals surface area contributed by atoms with Gasteiger partial charge in [-0.3, -0.25) is 0 Å². The minimum absolute atomic E-state index is 0.455. The second-order valence-electron chi connectivity index (χ2n) is 10.1. The lowest BCUT2D eigenvalue weighted by molar-refractivity contribution is 0.0336. The Hall–Kier alpha value is -0.630. The largest absolute Gasteiger partial charge is 0.508 e. The quantitative estimate of drug-likeness (QED) is 0.524. The lowest BCUT2D eigenvalue weighted by atomic mass is 9.54. The molecule has 1 aromatic carbocycles. The van der Waals surface area contributed by atoms with Gasteiger partial charge in [-0.25, -0.2) is 0 Å². The van der Waals surface area contributed by atoms with Crippen LogP contribution in [0.5, 0.6) is 5.75 Å². The van der Waals surface area contributed by atoms with Crippen LogP contribution in [0.3, 0.4) is 0 Å². The van der Waals surface area contributed by atoms with Crippen LogP contribution >= 0.6 is 11.8 Å². The Kier molecular flexibility index (Phi) is 6.08. The molecule has 0 aliphatic heterocycles. The highest BCUT2D eigenvalue weighted by molar-refractivity contribution is 7.99. The van der Waals surface area contributed by atoms with E-state index in [1.807, 2.05) is 11.8 Å². The molecule has 2 saturated carbocycles. The first-order valence-corrected chi connectivity index (χ1v) is 13.0. The van der Waals surface area contributed by atoms with Crippen molar-refractivity contribution < 1.29 is 5.11 Å². The van der Waals surface area contributed by atoms with Gasteiger partial charge in [0.15, 0.2) is 0 Å². The van der Waals surface area contributed by atoms with E-state index in [0.29, 0.717) is 16.4 Å². The summed E-state index contributed by atoms with van der Waals surface area (Å²) in [5, 5.41) is 11.3. The van der Waals surface area contributed by atoms with E-state index < -0.39 is 0 Å². The third-order valence-electron chi connectivity index (χ3n) is 8.88. The summed E-state index contributed by atoms with van der Waals surface area (Å²) >= 11 is 2.02. The SMILES string of the molecule is CCCCC(SCC)c1cc2c(cc1O)CCC1C2CC[C@@]2(C)C1CC[C@@H]2C. The third kappa shape index (κ3) is 3.42. The van der Waals surface area contributed by atoms with Gasteiger partial charge in [0.05, 0.1) is 0 Å². The maximum atomic E-state index is 10.9. The van der Waals surface area contributed by atoms with Gasteiger partial charge in [-0.15, -0.1) is 0 Å². The second kappa shape index (κ2) is 8.25. The summed E-state index contributed by atoms with van der Waals surface area (Å²) in [6.45, 7) is 9.63. The number of unbranched alkanes of at least 4 members (excludes halogenated alkanes) is 1. The summed E-state index contributed by atoms with van der Waals surface area (Å²) in [4.78, 5) is 0. The van der Waals surface area contributed by atoms with E-state index in [9.17, 15) is 5.11 Å². The van der Waals surface area contributed by atoms with Gasteiger partial charge >= 0.3 is 0 Å². The zero-order valence-electron chi connectivity index (χ0n) is 18.5. The number of fused-ring (bicyclic) bond motifs is 5. The van der Waals surface area contributed by atoms with E-state index in [2.05, 4.69) is 39.8 Å². The summed E-state index contributed by atoms with van der Waals surface area (Å²) in [7, 11) is 0. The summed E-state index contributed by atoms with van der Waals surface area (Å²) in [5.41, 5.74) is 4.88. The van der Waals surface area contributed by atoms with E-state index in [-0.39, 0.29) is 0 Å². The van der Waals surface area contributed by atoms with Crippen LogP contribution in [-0.2, 0) is 6.42 Å². The van der Waals surface area contributed by atoms with E-state index in [1.54, 1.807) is 5.56 Å². The fourth-order valence-corrected chi connectivity index (χ4v) is 8.17. The molecule has 3 aliphatic rings. The maximum Gasteiger partial charge on any atom is 0.120 e. The van der Waals surface area contributed by atoms with Gasteiger partial charge < -0.3 is 5.11 Å². The molecule has 3 aliphatic carbocycles. The second-order valence-corrected chi connectivity index (χ2v) is 11.6. The third-order valence-corrected chi connectivity index (χ3v) is 10.1. The van der Waals surface area contributed by atoms with Crippen LogP contribution in [0.2, 0.25) is 0 Å². The molecule has 0 radical (unpaired) electrons. The zero-order valence-corrected chi connectivity index (χ0v) is 19.3. The van der Waals surface area contributed by atoms with Crippen LogP contribution in [0, 0.1) is 23.2 Å². The van der Waals surface area contributed by atoms with E-state index >= 15 is 0 Å². The minimum atomic E-state index is 0.455. The molecule has 28 heavy (non-hydrogen) atoms. The number of aromatic hydroxyl groups is 1. The van der Waals surface area contributed by atoms with Gasteiger partial charge in [0, 0.05) is 10.8 Å². The van der Waals surface area contributed by atoms with Crippen LogP contribution in [0.4, 0.5) is 0 Å². The van der Waals surface area contributed by atoms with Crippen molar-refractivity contribution in [2.24, 2.45) is 23.2 Å². The maximum absolute atomic E-state index is 10.9. The van der Waals surface area contributed by atoms with Crippen LogP contribution in [0.1, 0.15) is 107 Å². The molecule has 2 heteroatoms. The van der Waals surface area contributed by atoms with Crippen LogP contribution < -0.4 is 0 Å². The number of aryl methyl sites for hydroxylation is 1. The molecule has 1 N–H and O–H groups in total. The van der Waals surface area contributed by atoms with Crippen molar-refractivity contribution in [2.45, 2.75) is 96.7 Å². The van der Waals surface area contributed by atoms with E-state index in [4.69, 9.17) is 0 Å². The molecular formula is C26H40OS. The number of hydrogen-bond acceptors (Lipinski definition) is 2. The summed E-state index contributed by atoms with van der Waals surface area (Å²) in [6, 6.07) is 4.62. The number of benzene rings is 1. The standard InChI is InChI=1S/C26H40OS/c1-5-7-8-25(28-6-2)22-16-21-18(15-24(22)27)10-11-20-19(21)13-14-26(4)17(3)9-12-23(20)26/h15-17,19-20,23,25,27H,5-14H2,1-4H3/t17-,19?,20?,23?,25?,26+/m0/s1. The Morgan fingerprint density at radius 1 is 1.18 bits per heavy atom. The molecule has 4 unspecified atom stereocenters. The fourth-order valence-electron chi connectivity index (χ4n) is 7.07. The Morgan fingerprint density at radius 3 is 2.75 bits per heavy atom. The van der Waals surface area contributed by atoms with Crippen molar-refractivity contribution in [3.63, 3.8) is 0 Å². The van der Waals surface area contributed by atoms with Crippen molar-refractivity contribution in [1.29, 1.82) is 0 Å². The highest BCUT2D eigenvalue weighted by Gasteiger charge is 2.53. The molecule has 6 atom stereocenters. The van der Waals surface area contributed by atoms with Gasteiger partial charge in [0.2, 0.25) is 0 Å². The normalized spacial score (nSPS) is 35.1. The number of phenolic OH excluding ortho intramolecular Hbond substituents is 1. The average Bonchev–Trinajstić information content (AvgIpc) is 2.99. The molecule has 1 nitrogen and oxygen atoms in total. The predicted molar refractivity (Wildman–Crippen MR) is 122 cm³/mol. The summed E-state index contributed by atoms with van der Waals surface area (Å²) in [5.74, 6) is 5.12. The lowest BCUT2D eigenvalue weighted by Gasteiger charge is -2.50. The molecule has 2 fully saturated rings. The average molecular weight is 401 g/mol. The van der Waals surface area contributed by atoms with Crippen molar-refractivity contribution in [3.05, 3.63) is 28.8 Å². The minimum Gasteiger partial charge on any atom is -0.508 e. The van der Waals surface area contributed by atoms with Crippen molar-refractivity contribution in [1.82, 2.24) is 0 Å². The van der Waals surface area contributed by atoms with Gasteiger partial charge in [0.25, 0.3) is 0 Å². The predicted octanol–water partition coefficient (Wildman–Crippen LogP) is 7.87. The lowest BCUT2D eigenvalue weighted by Crippen LogP contribution is -2.41. The number of rotatable bonds is 6. The van der Waals surface area contributed by atoms with Crippen molar-refractivity contribution >= 4 is 11.8 Å². The topological polar surface area (TPSA) is 20.2 Å². The Balaban J connectivity index is 1.66. The Bertz CT molecular complexity index is 698. The van der Waals surface area contributed by atoms with Crippen LogP contribution in [-0.4, -0.2) is 10.9 Å². The highest BCUT2D eigenvalue weighted by atomic mass is 32.2. The van der Waals surface area contributed by atoms with Crippen molar-refractivity contribution in [2.75, 3.05) is 5.75 Å². The smallest absolute Gasteiger partial charge is 0.120 e. The first-order chi connectivity index (χ1) is 13.5. The number of thioether (sulfide) groups is 1. The highest BCUT2D eigenvalue weighted by Crippen LogP contribution is 2.63. The molecule has 0 heterocycles. The van der Waals surface area contributed by atoms with Gasteiger partial charge in [-0.05, 0) is 97.0 Å². The van der Waals surface area contributed by atoms with Crippen LogP contribution in [0.15, 0.2) is 12.1 Å². The Labute approximate surface area is 177 Å². The molecule has 0 saturated heterocycles. The molecule has 0 aromatic heterocycles. The summed E-state index contributed by atoms with van der Waals surface area (Å²) in [6.07, 6.45) is 11.8. The molecular weight excluding hydrogens is 360 g/mol. The zero-order chi connectivity index (χ0) is 19.9. The molecule has 1 aromatic rings. The van der Waals surface area contributed by atoms with Gasteiger partial charge in [0.1, 0.15) is 5.75 Å². The van der Waals surface area contributed by atoms with Gasteiger partial charge in [-0.2, -0.15) is 11.8 Å². The van der Waals surface area contributed by atoms with Crippen LogP contribution in [0.25, 0.3) is 0 Å². The molecule has 4 rings (SSSR count). The monoisotopic (exact) mass is 400 g/mol. The van der Waals surface area contributed by atoms with E-state index in [0.717, 1.165) is 29.4 Å². The first kappa shape index (κ1) is 20.6. The molecule has 0 amide bonds. The summed E-state index contributed by atoms with van der Waals surface area (Å²) < 4.78 is 0. The van der Waals surface area contributed by atoms with Gasteiger partial charge in [-0.1, -0.05) is 46.6 Å². The van der Waals surface area contributed by atoms with Crippen molar-refractivity contribution in [3.8, 4) is 5.75 Å². The number of hydrogen-bond donors (Lipinski definition) is 1. The molecule has 0 spiro atoms. The van der Waals surface area contributed by atoms with E-state index in [1.165, 1.54) is 68.9 Å². The fraction of sp³-hybridized carbons (Fsp3) is 0.769. The Morgan fingerprint density at radius 2 is 2.00 bits per heavy atom. The number of phenols is 1. The first-order valence-electron chi connectivity index (χ1n) is 12.0. The molecule has 0 bridgehead atoms. The molecule has 156 valence electrons.